The highest BCUT2D eigenvalue weighted by Gasteiger charge is 2.36. The molecular weight excluding hydrogens is 749 g/mol. The van der Waals surface area contributed by atoms with Gasteiger partial charge in [0, 0.05) is 87.3 Å². The number of aromatic nitrogens is 4. The summed E-state index contributed by atoms with van der Waals surface area (Å²) in [6.07, 6.45) is 6.42. The maximum absolute atomic E-state index is 12.7. The lowest BCUT2D eigenvalue weighted by atomic mass is 10.0. The monoisotopic (exact) mass is 794 g/mol. The molecule has 0 spiro atoms. The van der Waals surface area contributed by atoms with Crippen molar-refractivity contribution in [3.63, 3.8) is 0 Å². The summed E-state index contributed by atoms with van der Waals surface area (Å²) in [6.45, 7) is 12.9. The smallest absolute Gasteiger partial charge is 0.252 e. The van der Waals surface area contributed by atoms with Gasteiger partial charge in [-0.2, -0.15) is 8.61 Å². The second-order valence-corrected chi connectivity index (χ2v) is 20.3. The van der Waals surface area contributed by atoms with Crippen molar-refractivity contribution >= 4 is 64.6 Å². The van der Waals surface area contributed by atoms with Crippen LogP contribution in [0.1, 0.15) is 52.7 Å². The summed E-state index contributed by atoms with van der Waals surface area (Å²) in [5, 5.41) is 21.0. The van der Waals surface area contributed by atoms with Crippen LogP contribution in [0.3, 0.4) is 0 Å². The molecule has 2 fully saturated rings. The van der Waals surface area contributed by atoms with E-state index in [9.17, 15) is 27.0 Å². The fourth-order valence-corrected chi connectivity index (χ4v) is 11.2. The Morgan fingerprint density at radius 3 is 1.21 bits per heavy atom. The Bertz CT molecular complexity index is 1900. The number of hydrogen-bond acceptors (Lipinski definition) is 16. The standard InChI is InChI=1S/2C16H23N5O3S2/c2*1-11-10-20(26(23,24)14-5-4-13(17)25-14)6-7-21(11)15-18-8-12(9-19-15)16(2,3)22/h2*4-5,8-9,11,22H,6-7,10,17H2,1-3H3/t2*11-/m00/s1. The first-order chi connectivity index (χ1) is 24.2. The molecule has 0 unspecified atom stereocenters. The Labute approximate surface area is 312 Å². The van der Waals surface area contributed by atoms with E-state index in [4.69, 9.17) is 11.5 Å². The largest absolute Gasteiger partial charge is 0.391 e. The highest BCUT2D eigenvalue weighted by molar-refractivity contribution is 7.91. The number of nitrogens with two attached hydrogens (primary N) is 2. The summed E-state index contributed by atoms with van der Waals surface area (Å²) in [5.41, 5.74) is 10.6. The van der Waals surface area contributed by atoms with Gasteiger partial charge in [-0.1, -0.05) is 0 Å². The van der Waals surface area contributed by atoms with E-state index in [0.717, 1.165) is 22.7 Å². The molecule has 2 saturated heterocycles. The quantitative estimate of drug-likeness (QED) is 0.201. The van der Waals surface area contributed by atoms with E-state index >= 15 is 0 Å². The average molecular weight is 795 g/mol. The molecule has 0 amide bonds. The Morgan fingerprint density at radius 2 is 0.962 bits per heavy atom. The molecule has 6 rings (SSSR count). The molecule has 2 aliphatic rings. The summed E-state index contributed by atoms with van der Waals surface area (Å²) in [4.78, 5) is 21.3. The van der Waals surface area contributed by atoms with Crippen LogP contribution in [0.2, 0.25) is 0 Å². The molecule has 4 aromatic heterocycles. The second-order valence-electron chi connectivity index (χ2n) is 13.8. The zero-order valence-corrected chi connectivity index (χ0v) is 33.2. The number of sulfonamides is 2. The van der Waals surface area contributed by atoms with Crippen molar-refractivity contribution in [3.05, 3.63) is 60.2 Å². The van der Waals surface area contributed by atoms with Gasteiger partial charge in [-0.25, -0.2) is 36.8 Å². The molecule has 6 heterocycles. The van der Waals surface area contributed by atoms with Crippen LogP contribution in [-0.2, 0) is 31.2 Å². The van der Waals surface area contributed by atoms with E-state index < -0.39 is 31.2 Å². The van der Waals surface area contributed by atoms with Crippen LogP contribution in [0.5, 0.6) is 0 Å². The summed E-state index contributed by atoms with van der Waals surface area (Å²) >= 11 is 2.15. The number of hydrogen-bond donors (Lipinski definition) is 4. The van der Waals surface area contributed by atoms with E-state index in [1.54, 1.807) is 76.7 Å². The second kappa shape index (κ2) is 15.1. The number of anilines is 4. The van der Waals surface area contributed by atoms with Gasteiger partial charge in [-0.15, -0.1) is 22.7 Å². The highest BCUT2D eigenvalue weighted by Crippen LogP contribution is 2.30. The Morgan fingerprint density at radius 1 is 0.635 bits per heavy atom. The number of aliphatic hydroxyl groups is 2. The molecule has 0 saturated carbocycles. The summed E-state index contributed by atoms with van der Waals surface area (Å²) in [7, 11) is -7.07. The summed E-state index contributed by atoms with van der Waals surface area (Å²) in [5.74, 6) is 1.06. The van der Waals surface area contributed by atoms with Gasteiger partial charge in [0.25, 0.3) is 20.0 Å². The zero-order chi connectivity index (χ0) is 38.2. The maximum atomic E-state index is 12.7. The van der Waals surface area contributed by atoms with Gasteiger partial charge < -0.3 is 31.5 Å². The normalized spacial score (nSPS) is 19.7. The lowest BCUT2D eigenvalue weighted by Crippen LogP contribution is -2.54. The number of nitrogen functional groups attached to an aromatic ring is 2. The lowest BCUT2D eigenvalue weighted by molar-refractivity contribution is 0.0772. The Balaban J connectivity index is 0.000000201. The molecule has 6 N–H and O–H groups in total. The van der Waals surface area contributed by atoms with Gasteiger partial charge in [-0.3, -0.25) is 0 Å². The van der Waals surface area contributed by atoms with Crippen molar-refractivity contribution in [2.75, 3.05) is 60.5 Å². The average Bonchev–Trinajstić information content (AvgIpc) is 3.73. The van der Waals surface area contributed by atoms with Gasteiger partial charge in [0.2, 0.25) is 11.9 Å². The van der Waals surface area contributed by atoms with Crippen molar-refractivity contribution < 1.29 is 27.0 Å². The SMILES string of the molecule is C[C@H]1CN(S(=O)(=O)c2ccc(N)s2)CCN1c1ncc(C(C)(C)O)cn1.C[C@H]1CN(S(=O)(=O)c2ccc(N)s2)CCN1c1ncc(C(C)(C)O)cn1. The molecule has 2 atom stereocenters. The molecule has 16 nitrogen and oxygen atoms in total. The molecule has 284 valence electrons. The third-order valence-corrected chi connectivity index (χ3v) is 15.3. The topological polar surface area (TPSA) is 225 Å². The predicted octanol–water partition coefficient (Wildman–Crippen LogP) is 2.49. The lowest BCUT2D eigenvalue weighted by Gasteiger charge is -2.39. The van der Waals surface area contributed by atoms with Crippen molar-refractivity contribution in [3.8, 4) is 0 Å². The number of rotatable bonds is 8. The molecule has 2 aliphatic heterocycles. The van der Waals surface area contributed by atoms with Crippen molar-refractivity contribution in [1.29, 1.82) is 0 Å². The molecule has 52 heavy (non-hydrogen) atoms. The van der Waals surface area contributed by atoms with Crippen LogP contribution < -0.4 is 21.3 Å². The van der Waals surface area contributed by atoms with Crippen LogP contribution in [-0.4, -0.2) is 107 Å². The van der Waals surface area contributed by atoms with Crippen molar-refractivity contribution in [1.82, 2.24) is 28.5 Å². The molecule has 20 heteroatoms. The molecule has 0 aliphatic carbocycles. The fourth-order valence-electron chi connectivity index (χ4n) is 5.65. The fraction of sp³-hybridized carbons (Fsp3) is 0.500. The van der Waals surface area contributed by atoms with Gasteiger partial charge in [0.05, 0.1) is 21.2 Å². The Hall–Kier alpha value is -3.50. The first-order valence-corrected chi connectivity index (χ1v) is 21.0. The van der Waals surface area contributed by atoms with E-state index in [1.165, 1.54) is 8.61 Å². The van der Waals surface area contributed by atoms with Crippen molar-refractivity contribution in [2.45, 2.75) is 73.2 Å². The van der Waals surface area contributed by atoms with E-state index in [2.05, 4.69) is 19.9 Å². The first-order valence-electron chi connectivity index (χ1n) is 16.5. The van der Waals surface area contributed by atoms with Crippen LogP contribution in [0.15, 0.2) is 57.5 Å². The minimum atomic E-state index is -3.53. The van der Waals surface area contributed by atoms with Crippen molar-refractivity contribution in [2.24, 2.45) is 0 Å². The molecule has 4 aromatic rings. The van der Waals surface area contributed by atoms with Gasteiger partial charge in [-0.05, 0) is 65.8 Å². The third kappa shape index (κ3) is 8.82. The number of piperazine rings is 2. The van der Waals surface area contributed by atoms with E-state index in [1.807, 2.05) is 23.6 Å². The van der Waals surface area contributed by atoms with Crippen LogP contribution in [0.4, 0.5) is 21.9 Å². The summed E-state index contributed by atoms with van der Waals surface area (Å²) < 4.78 is 54.5. The number of thiophene rings is 2. The zero-order valence-electron chi connectivity index (χ0n) is 29.9. The van der Waals surface area contributed by atoms with E-state index in [0.29, 0.717) is 72.3 Å². The van der Waals surface area contributed by atoms with Crippen LogP contribution >= 0.6 is 22.7 Å². The maximum Gasteiger partial charge on any atom is 0.252 e. The van der Waals surface area contributed by atoms with Gasteiger partial charge >= 0.3 is 0 Å². The Kier molecular flexibility index (Phi) is 11.5. The minimum absolute atomic E-state index is 0.0798. The van der Waals surface area contributed by atoms with Gasteiger partial charge in [0.15, 0.2) is 0 Å². The molecule has 0 bridgehead atoms. The summed E-state index contributed by atoms with van der Waals surface area (Å²) in [6, 6.07) is 6.15. The minimum Gasteiger partial charge on any atom is -0.391 e. The molecule has 0 aromatic carbocycles. The first kappa shape index (κ1) is 39.7. The van der Waals surface area contributed by atoms with Gasteiger partial charge in [0.1, 0.15) is 8.42 Å². The van der Waals surface area contributed by atoms with E-state index in [-0.39, 0.29) is 20.5 Å². The van der Waals surface area contributed by atoms with Crippen LogP contribution in [0, 0.1) is 0 Å². The predicted molar refractivity (Wildman–Crippen MR) is 203 cm³/mol. The number of nitrogens with zero attached hydrogens (tertiary/aromatic N) is 8. The highest BCUT2D eigenvalue weighted by atomic mass is 32.3. The molecular formula is C32H46N10O6S4. The third-order valence-electron chi connectivity index (χ3n) is 8.78. The molecule has 0 radical (unpaired) electrons. The van der Waals surface area contributed by atoms with Crippen LogP contribution in [0.25, 0.3) is 0 Å².